The molecule has 6 nitrogen and oxygen atoms in total. The van der Waals surface area contributed by atoms with Crippen LogP contribution in [0.4, 0.5) is 10.7 Å². The topological polar surface area (TPSA) is 84.5 Å². The van der Waals surface area contributed by atoms with E-state index in [1.165, 1.54) is 35.8 Å². The first kappa shape index (κ1) is 29.6. The van der Waals surface area contributed by atoms with Crippen LogP contribution in [0.3, 0.4) is 0 Å². The summed E-state index contributed by atoms with van der Waals surface area (Å²) in [6, 6.07) is 27.5. The number of carbonyl (C=O) groups is 3. The second kappa shape index (κ2) is 13.9. The van der Waals surface area contributed by atoms with Gasteiger partial charge in [-0.15, -0.1) is 23.1 Å². The van der Waals surface area contributed by atoms with E-state index in [-0.39, 0.29) is 11.8 Å². The molecule has 8 heteroatoms. The fourth-order valence-corrected chi connectivity index (χ4v) is 7.72. The zero-order valence-corrected chi connectivity index (χ0v) is 25.4. The Kier molecular flexibility index (Phi) is 9.77. The minimum atomic E-state index is -0.588. The smallest absolute Gasteiger partial charge is 0.341 e. The highest BCUT2D eigenvalue weighted by molar-refractivity contribution is 8.00. The number of hydrogen-bond donors (Lipinski definition) is 2. The van der Waals surface area contributed by atoms with Gasteiger partial charge in [-0.3, -0.25) is 9.59 Å². The van der Waals surface area contributed by atoms with Crippen molar-refractivity contribution in [3.63, 3.8) is 0 Å². The maximum atomic E-state index is 14.0. The van der Waals surface area contributed by atoms with Crippen LogP contribution >= 0.6 is 23.1 Å². The normalized spacial score (nSPS) is 14.9. The van der Waals surface area contributed by atoms with Crippen molar-refractivity contribution in [3.05, 3.63) is 112 Å². The third-order valence-corrected chi connectivity index (χ3v) is 9.77. The lowest BCUT2D eigenvalue weighted by Gasteiger charge is -2.22. The average molecular weight is 599 g/mol. The molecule has 1 aliphatic rings. The van der Waals surface area contributed by atoms with Crippen molar-refractivity contribution < 1.29 is 19.1 Å². The Bertz CT molecular complexity index is 1550. The Morgan fingerprint density at radius 1 is 0.976 bits per heavy atom. The van der Waals surface area contributed by atoms with Crippen LogP contribution in [0.5, 0.6) is 0 Å². The number of anilines is 2. The fraction of sp³-hybridized carbons (Fsp3) is 0.265. The van der Waals surface area contributed by atoms with Gasteiger partial charge in [-0.05, 0) is 66.5 Å². The SMILES string of the molecule is CCCC(=O)Nc1cccc(SC(C(=O)Nc2sc3c(c2C(=O)OC)CCC(c2ccccc2)C3)c2ccccc2)c1. The highest BCUT2D eigenvalue weighted by Crippen LogP contribution is 2.44. The second-order valence-corrected chi connectivity index (χ2v) is 12.6. The zero-order chi connectivity index (χ0) is 29.5. The van der Waals surface area contributed by atoms with Crippen molar-refractivity contribution in [3.8, 4) is 0 Å². The summed E-state index contributed by atoms with van der Waals surface area (Å²) in [5.41, 5.74) is 4.27. The van der Waals surface area contributed by atoms with Crippen molar-refractivity contribution in [2.75, 3.05) is 17.7 Å². The van der Waals surface area contributed by atoms with Gasteiger partial charge in [0.05, 0.1) is 12.7 Å². The van der Waals surface area contributed by atoms with Crippen LogP contribution in [0.1, 0.15) is 69.3 Å². The van der Waals surface area contributed by atoms with Gasteiger partial charge in [0.1, 0.15) is 10.3 Å². The molecule has 0 saturated carbocycles. The molecule has 2 N–H and O–H groups in total. The number of amides is 2. The van der Waals surface area contributed by atoms with Gasteiger partial charge < -0.3 is 15.4 Å². The number of methoxy groups -OCH3 is 1. The highest BCUT2D eigenvalue weighted by Gasteiger charge is 2.32. The number of esters is 1. The van der Waals surface area contributed by atoms with Gasteiger partial charge in [0.2, 0.25) is 11.8 Å². The van der Waals surface area contributed by atoms with Crippen molar-refractivity contribution in [1.29, 1.82) is 0 Å². The molecule has 1 aliphatic carbocycles. The minimum Gasteiger partial charge on any atom is -0.465 e. The molecule has 2 unspecified atom stereocenters. The quantitative estimate of drug-likeness (QED) is 0.143. The van der Waals surface area contributed by atoms with Gasteiger partial charge >= 0.3 is 5.97 Å². The third kappa shape index (κ3) is 6.94. The summed E-state index contributed by atoms with van der Waals surface area (Å²) in [5.74, 6) is -0.331. The molecular weight excluding hydrogens is 565 g/mol. The number of hydrogen-bond acceptors (Lipinski definition) is 6. The first-order valence-corrected chi connectivity index (χ1v) is 15.9. The number of benzene rings is 3. The van der Waals surface area contributed by atoms with Gasteiger partial charge in [-0.1, -0.05) is 73.7 Å². The molecule has 5 rings (SSSR count). The van der Waals surface area contributed by atoms with E-state index in [0.717, 1.165) is 46.6 Å². The number of thioether (sulfide) groups is 1. The fourth-order valence-electron chi connectivity index (χ4n) is 5.31. The van der Waals surface area contributed by atoms with E-state index in [1.54, 1.807) is 0 Å². The predicted octanol–water partition coefficient (Wildman–Crippen LogP) is 8.02. The van der Waals surface area contributed by atoms with Gasteiger partial charge in [0.25, 0.3) is 0 Å². The number of ether oxygens (including phenoxy) is 1. The van der Waals surface area contributed by atoms with Crippen LogP contribution in [-0.2, 0) is 27.2 Å². The number of fused-ring (bicyclic) bond motifs is 1. The number of nitrogens with one attached hydrogen (secondary N) is 2. The number of carbonyl (C=O) groups excluding carboxylic acids is 3. The lowest BCUT2D eigenvalue weighted by atomic mass is 9.83. The molecule has 3 aromatic carbocycles. The van der Waals surface area contributed by atoms with Crippen molar-refractivity contribution in [2.24, 2.45) is 0 Å². The first-order chi connectivity index (χ1) is 20.5. The Morgan fingerprint density at radius 3 is 2.43 bits per heavy atom. The summed E-state index contributed by atoms with van der Waals surface area (Å²) in [6.45, 7) is 1.96. The largest absolute Gasteiger partial charge is 0.465 e. The van der Waals surface area contributed by atoms with E-state index in [1.807, 2.05) is 67.6 Å². The molecule has 2 amide bonds. The molecule has 216 valence electrons. The standard InChI is InChI=1S/C34H34N2O4S2/c1-3-11-29(37)35-25-16-10-17-26(21-25)41-31(23-14-8-5-9-15-23)32(38)36-33-30(34(39)40-2)27-19-18-24(20-28(27)42-33)22-12-6-4-7-13-22/h4-10,12-17,21,24,31H,3,11,18-20H2,1-2H3,(H,35,37)(H,36,38). The molecule has 1 aromatic heterocycles. The maximum absolute atomic E-state index is 14.0. The van der Waals surface area contributed by atoms with Crippen LogP contribution < -0.4 is 10.6 Å². The Balaban J connectivity index is 1.42. The number of thiophene rings is 1. The maximum Gasteiger partial charge on any atom is 0.341 e. The van der Waals surface area contributed by atoms with Crippen LogP contribution in [0.25, 0.3) is 0 Å². The van der Waals surface area contributed by atoms with Crippen molar-refractivity contribution in [2.45, 2.75) is 55.1 Å². The summed E-state index contributed by atoms with van der Waals surface area (Å²) in [4.78, 5) is 41.1. The van der Waals surface area contributed by atoms with Crippen molar-refractivity contribution >= 4 is 51.6 Å². The summed E-state index contributed by atoms with van der Waals surface area (Å²) in [7, 11) is 1.38. The first-order valence-electron chi connectivity index (χ1n) is 14.2. The molecule has 0 bridgehead atoms. The molecule has 0 fully saturated rings. The lowest BCUT2D eigenvalue weighted by Crippen LogP contribution is -2.20. The Hall–Kier alpha value is -3.88. The van der Waals surface area contributed by atoms with Gasteiger partial charge in [0, 0.05) is 21.9 Å². The van der Waals surface area contributed by atoms with E-state index in [0.29, 0.717) is 28.6 Å². The molecule has 0 spiro atoms. The lowest BCUT2D eigenvalue weighted by molar-refractivity contribution is -0.116. The Labute approximate surface area is 254 Å². The summed E-state index contributed by atoms with van der Waals surface area (Å²) < 4.78 is 5.17. The highest BCUT2D eigenvalue weighted by atomic mass is 32.2. The van der Waals surface area contributed by atoms with Crippen molar-refractivity contribution in [1.82, 2.24) is 0 Å². The summed E-state index contributed by atoms with van der Waals surface area (Å²) in [5, 5.41) is 5.99. The van der Waals surface area contributed by atoms with Crippen LogP contribution in [0.15, 0.2) is 89.8 Å². The second-order valence-electron chi connectivity index (χ2n) is 10.3. The molecule has 0 aliphatic heterocycles. The van der Waals surface area contributed by atoms with E-state index in [9.17, 15) is 14.4 Å². The molecule has 0 radical (unpaired) electrons. The molecular formula is C34H34N2O4S2. The predicted molar refractivity (Wildman–Crippen MR) is 171 cm³/mol. The summed E-state index contributed by atoms with van der Waals surface area (Å²) >= 11 is 2.88. The average Bonchev–Trinajstić information content (AvgIpc) is 3.37. The summed E-state index contributed by atoms with van der Waals surface area (Å²) in [6.07, 6.45) is 3.71. The van der Waals surface area contributed by atoms with E-state index in [2.05, 4.69) is 34.9 Å². The monoisotopic (exact) mass is 598 g/mol. The van der Waals surface area contributed by atoms with E-state index < -0.39 is 11.2 Å². The molecule has 42 heavy (non-hydrogen) atoms. The third-order valence-electron chi connectivity index (χ3n) is 7.35. The molecule has 4 aromatic rings. The zero-order valence-electron chi connectivity index (χ0n) is 23.7. The van der Waals surface area contributed by atoms with Gasteiger partial charge in [0.15, 0.2) is 0 Å². The number of rotatable bonds is 10. The van der Waals surface area contributed by atoms with E-state index in [4.69, 9.17) is 4.74 Å². The van der Waals surface area contributed by atoms with Crippen LogP contribution in [0, 0.1) is 0 Å². The van der Waals surface area contributed by atoms with Gasteiger partial charge in [-0.25, -0.2) is 4.79 Å². The van der Waals surface area contributed by atoms with Crippen LogP contribution in [0.2, 0.25) is 0 Å². The van der Waals surface area contributed by atoms with Crippen LogP contribution in [-0.4, -0.2) is 24.9 Å². The molecule has 0 saturated heterocycles. The van der Waals surface area contributed by atoms with Gasteiger partial charge in [-0.2, -0.15) is 0 Å². The minimum absolute atomic E-state index is 0.0384. The molecule has 2 atom stereocenters. The molecule has 1 heterocycles. The van der Waals surface area contributed by atoms with E-state index >= 15 is 0 Å². The Morgan fingerprint density at radius 2 is 1.71 bits per heavy atom.